The average molecular weight is 1710 g/mol. The van der Waals surface area contributed by atoms with Crippen molar-refractivity contribution in [2.45, 2.75) is 6.42 Å². The number of anilines is 6. The zero-order valence-corrected chi connectivity index (χ0v) is 65.0. The topological polar surface area (TPSA) is 447 Å². The third-order valence-electron chi connectivity index (χ3n) is 18.2. The van der Waals surface area contributed by atoms with E-state index in [1.807, 2.05) is 72.8 Å². The summed E-state index contributed by atoms with van der Waals surface area (Å²) in [5, 5.41) is 108. The van der Waals surface area contributed by atoms with Crippen LogP contribution in [0.3, 0.4) is 0 Å². The van der Waals surface area contributed by atoms with Gasteiger partial charge in [0.2, 0.25) is 0 Å². The molecular formula is C68H102GdN18O18S3+3. The minimum absolute atomic E-state index is 0. The van der Waals surface area contributed by atoms with Crippen molar-refractivity contribution in [3.8, 4) is 0 Å². The number of hydrogen-bond donors (Lipinski definition) is 15. The molecular weight excluding hydrogens is 1610 g/mol. The molecule has 3 aliphatic rings. The first-order chi connectivity index (χ1) is 51.1. The van der Waals surface area contributed by atoms with Crippen LogP contribution < -0.4 is 46.6 Å². The van der Waals surface area contributed by atoms with E-state index in [9.17, 15) is 89.1 Å². The van der Waals surface area contributed by atoms with E-state index in [-0.39, 0.29) is 183 Å². The maximum Gasteiger partial charge on any atom is 3.00 e. The summed E-state index contributed by atoms with van der Waals surface area (Å²) in [6.07, 6.45) is 0.536. The number of rotatable bonds is 31. The van der Waals surface area contributed by atoms with Gasteiger partial charge in [0.15, 0.2) is 15.3 Å². The van der Waals surface area contributed by atoms with E-state index >= 15 is 0 Å². The summed E-state index contributed by atoms with van der Waals surface area (Å²) < 4.78 is 0. The molecule has 3 fully saturated rings. The normalized spacial score (nSPS) is 17.2. The number of aliphatic carboxylic acids is 9. The summed E-state index contributed by atoms with van der Waals surface area (Å²) in [7, 11) is 0. The summed E-state index contributed by atoms with van der Waals surface area (Å²) >= 11 is 17.5. The van der Waals surface area contributed by atoms with E-state index in [1.165, 1.54) is 0 Å². The number of benzene rings is 3. The molecule has 0 spiro atoms. The van der Waals surface area contributed by atoms with E-state index in [0.717, 1.165) is 17.1 Å². The van der Waals surface area contributed by atoms with Crippen LogP contribution in [-0.4, -0.2) is 395 Å². The number of carbonyl (C=O) groups is 9. The van der Waals surface area contributed by atoms with Crippen LogP contribution in [0.25, 0.3) is 0 Å². The van der Waals surface area contributed by atoms with Gasteiger partial charge in [-0.2, -0.15) is 0 Å². The Labute approximate surface area is 675 Å². The van der Waals surface area contributed by atoms with E-state index < -0.39 is 53.7 Å². The van der Waals surface area contributed by atoms with Gasteiger partial charge in [-0.25, -0.2) is 0 Å². The molecule has 6 rings (SSSR count). The smallest absolute Gasteiger partial charge is 0.480 e. The molecule has 0 unspecified atom stereocenters. The van der Waals surface area contributed by atoms with Gasteiger partial charge in [0.1, 0.15) is 0 Å². The zero-order chi connectivity index (χ0) is 77.8. The number of carboxylic acids is 9. The first kappa shape index (κ1) is 90.9. The maximum absolute atomic E-state index is 11.9. The molecule has 3 aromatic carbocycles. The Balaban J connectivity index is 0.0000209. The molecule has 0 aliphatic carbocycles. The first-order valence-corrected chi connectivity index (χ1v) is 36.5. The van der Waals surface area contributed by atoms with Crippen molar-refractivity contribution in [2.75, 3.05) is 266 Å². The summed E-state index contributed by atoms with van der Waals surface area (Å²) in [6.45, 7) is 6.40. The maximum atomic E-state index is 11.9. The molecule has 3 aliphatic heterocycles. The quantitative estimate of drug-likeness (QED) is 0.0340. The Hall–Kier alpha value is -7.68. The molecule has 108 heavy (non-hydrogen) atoms. The second kappa shape index (κ2) is 48.8. The van der Waals surface area contributed by atoms with Crippen LogP contribution in [0.15, 0.2) is 72.8 Å². The van der Waals surface area contributed by atoms with Crippen LogP contribution in [0.4, 0.5) is 34.1 Å². The number of nitrogens with zero attached hydrogens (tertiary/aromatic N) is 12. The van der Waals surface area contributed by atoms with Crippen LogP contribution in [-0.2, 0) is 43.2 Å². The Morgan fingerprint density at radius 2 is 0.444 bits per heavy atom. The zero-order valence-electron chi connectivity index (χ0n) is 60.3. The molecule has 15 N–H and O–H groups in total. The van der Waals surface area contributed by atoms with E-state index in [1.54, 1.807) is 44.1 Å². The predicted molar refractivity (Wildman–Crippen MR) is 413 cm³/mol. The largest absolute Gasteiger partial charge is 3.00 e. The van der Waals surface area contributed by atoms with Gasteiger partial charge in [0.25, 0.3) is 0 Å². The van der Waals surface area contributed by atoms with Gasteiger partial charge < -0.3 is 92.6 Å². The van der Waals surface area contributed by atoms with Gasteiger partial charge in [-0.1, -0.05) is 0 Å². The van der Waals surface area contributed by atoms with Gasteiger partial charge in [0.05, 0.1) is 58.9 Å². The second-order valence-electron chi connectivity index (χ2n) is 26.3. The fourth-order valence-electron chi connectivity index (χ4n) is 12.5. The molecule has 0 atom stereocenters. The molecule has 0 saturated carbocycles. The Bertz CT molecular complexity index is 3180. The summed E-state index contributed by atoms with van der Waals surface area (Å²) in [6, 6.07) is 22.4. The molecule has 0 amide bonds. The van der Waals surface area contributed by atoms with E-state index in [2.05, 4.69) is 46.6 Å². The summed E-state index contributed by atoms with van der Waals surface area (Å²) in [5.74, 6) is -9.42. The average Bonchev–Trinajstić information content (AvgIpc) is 0.868. The minimum atomic E-state index is -1.04. The van der Waals surface area contributed by atoms with Gasteiger partial charge in [-0.3, -0.25) is 87.3 Å². The van der Waals surface area contributed by atoms with Gasteiger partial charge in [-0.05, 0) is 122 Å². The molecule has 595 valence electrons. The number of carboxylic acid groups (broad SMARTS) is 9. The van der Waals surface area contributed by atoms with E-state index in [4.69, 9.17) is 36.7 Å². The summed E-state index contributed by atoms with van der Waals surface area (Å²) in [4.78, 5) is 128. The summed E-state index contributed by atoms with van der Waals surface area (Å²) in [5.41, 5.74) is 4.36. The Kier molecular flexibility index (Phi) is 41.1. The van der Waals surface area contributed by atoms with Crippen LogP contribution in [0.5, 0.6) is 0 Å². The number of nitrogens with one attached hydrogen (secondary N) is 6. The van der Waals surface area contributed by atoms with Crippen LogP contribution in [0.1, 0.15) is 6.42 Å². The Morgan fingerprint density at radius 1 is 0.278 bits per heavy atom. The van der Waals surface area contributed by atoms with Gasteiger partial charge in [0, 0.05) is 211 Å². The van der Waals surface area contributed by atoms with Crippen molar-refractivity contribution in [3.63, 3.8) is 0 Å². The van der Waals surface area contributed by atoms with Crippen molar-refractivity contribution in [1.29, 1.82) is 0 Å². The first-order valence-electron chi connectivity index (χ1n) is 35.2. The SMILES string of the molecule is O=C(O)CN1CCN(CC(=O)O)CCN(c2ccc(NC(=S)NCCC(CNC(=S)Nc3ccc(N4CCN(CC(=O)O)CCN(CC(=O)O)CCN(CC(=O)O)CC4)cc3)CNC(=S)Nc3ccc(N4CCN(CC(=O)O)CCN(CC(=O)O)CCN(CC(=O)O)CC4)cc3)cc2)CCN(CC(=O)O)CC1.[Gd+3]. The molecule has 0 aromatic heterocycles. The standard InChI is InChI=1S/C68H102N18O18S3.Gd/c87-57(88)41-75-15-21-78(44-60(93)94)27-33-84(34-28-79(22-16-75)45-61(95)96)54-7-1-51(2-8-54)72-66(105)69-14-13-50(39-70-67(106)73-52-3-9-55(10-4-52)85-35-29-80(46-62(97)98)23-17-76(42-58(89)90)18-24-81(30-36-85)47-63(99)100)40-71-68(107)74-53-5-11-56(12-6-53)86-37-31-82(48-64(101)102)25-19-77(43-59(91)92)20-26-83(32-38-86)49-65(103)104;/h1-12,50H,13-49H2,(H,87,88)(H,89,90)(H,91,92)(H,93,94)(H,95,96)(H,97,98)(H,99,100)(H,101,102)(H,103,104)(H2,69,72,105)(H2,70,73,106)(H2,71,74,107);/q;+3. The van der Waals surface area contributed by atoms with Crippen LogP contribution in [0, 0.1) is 45.9 Å². The Morgan fingerprint density at radius 3 is 0.620 bits per heavy atom. The van der Waals surface area contributed by atoms with Gasteiger partial charge in [-0.15, -0.1) is 0 Å². The van der Waals surface area contributed by atoms with Gasteiger partial charge >= 0.3 is 93.7 Å². The fraction of sp³-hybridized carbons (Fsp3) is 0.559. The predicted octanol–water partition coefficient (Wildman–Crippen LogP) is -1.11. The number of hydrogen-bond acceptors (Lipinski definition) is 24. The molecule has 0 bridgehead atoms. The monoisotopic (exact) mass is 1710 g/mol. The van der Waals surface area contributed by atoms with Crippen molar-refractivity contribution in [3.05, 3.63) is 72.8 Å². The molecule has 1 radical (unpaired) electrons. The number of thiocarbonyl (C=S) groups is 3. The van der Waals surface area contributed by atoms with Crippen molar-refractivity contribution in [1.82, 2.24) is 60.0 Å². The molecule has 36 nitrogen and oxygen atoms in total. The van der Waals surface area contributed by atoms with Crippen LogP contribution >= 0.6 is 36.7 Å². The molecule has 3 aromatic rings. The van der Waals surface area contributed by atoms with Crippen molar-refractivity contribution < 1.29 is 129 Å². The fourth-order valence-corrected chi connectivity index (χ4v) is 13.1. The van der Waals surface area contributed by atoms with Crippen molar-refractivity contribution >= 4 is 140 Å². The molecule has 3 heterocycles. The minimum Gasteiger partial charge on any atom is -0.480 e. The van der Waals surface area contributed by atoms with E-state index in [0.29, 0.717) is 137 Å². The second-order valence-corrected chi connectivity index (χ2v) is 27.6. The third kappa shape index (κ3) is 37.2. The molecule has 40 heteroatoms. The molecule has 3 saturated heterocycles. The third-order valence-corrected chi connectivity index (χ3v) is 18.9. The van der Waals surface area contributed by atoms with Crippen molar-refractivity contribution in [2.24, 2.45) is 5.92 Å². The van der Waals surface area contributed by atoms with Crippen LogP contribution in [0.2, 0.25) is 0 Å².